The highest BCUT2D eigenvalue weighted by molar-refractivity contribution is 5.90. The van der Waals surface area contributed by atoms with Crippen LogP contribution in [0, 0.1) is 5.92 Å². The molecule has 2 heterocycles. The van der Waals surface area contributed by atoms with Crippen molar-refractivity contribution in [2.24, 2.45) is 5.92 Å². The van der Waals surface area contributed by atoms with E-state index >= 15 is 0 Å². The Morgan fingerprint density at radius 1 is 0.875 bits per heavy atom. The third kappa shape index (κ3) is 2.58. The van der Waals surface area contributed by atoms with Gasteiger partial charge in [0.2, 0.25) is 0 Å². The van der Waals surface area contributed by atoms with Crippen molar-refractivity contribution in [2.75, 3.05) is 13.2 Å². The zero-order chi connectivity index (χ0) is 16.7. The van der Waals surface area contributed by atoms with Crippen LogP contribution in [-0.4, -0.2) is 19.0 Å². The fourth-order valence-electron chi connectivity index (χ4n) is 3.63. The van der Waals surface area contributed by atoms with Crippen LogP contribution in [0.5, 0.6) is 11.5 Å². The number of fused-ring (bicyclic) bond motifs is 2. The third-order valence-electron chi connectivity index (χ3n) is 4.95. The van der Waals surface area contributed by atoms with Gasteiger partial charge in [-0.25, -0.2) is 0 Å². The summed E-state index contributed by atoms with van der Waals surface area (Å²) in [5.41, 5.74) is 4.55. The summed E-state index contributed by atoms with van der Waals surface area (Å²) in [6, 6.07) is 12.4. The summed E-state index contributed by atoms with van der Waals surface area (Å²) in [5.74, 6) is 1.94. The molecule has 2 aliphatic heterocycles. The van der Waals surface area contributed by atoms with Gasteiger partial charge in [0.05, 0.1) is 19.1 Å². The number of benzene rings is 2. The van der Waals surface area contributed by atoms with Crippen LogP contribution in [0.4, 0.5) is 0 Å². The lowest BCUT2D eigenvalue weighted by Crippen LogP contribution is -2.19. The summed E-state index contributed by atoms with van der Waals surface area (Å²) in [5, 5.41) is 0. The van der Waals surface area contributed by atoms with Gasteiger partial charge in [-0.15, -0.1) is 0 Å². The van der Waals surface area contributed by atoms with E-state index in [2.05, 4.69) is 12.1 Å². The first-order valence-corrected chi connectivity index (χ1v) is 8.68. The van der Waals surface area contributed by atoms with Crippen LogP contribution in [0.15, 0.2) is 36.4 Å². The number of carbonyl (C=O) groups excluding carboxylic acids is 1. The molecule has 0 saturated carbocycles. The number of ketones is 1. The second-order valence-electron chi connectivity index (χ2n) is 6.92. The normalized spacial score (nSPS) is 15.2. The van der Waals surface area contributed by atoms with E-state index in [9.17, 15) is 4.79 Å². The molecule has 3 nitrogen and oxygen atoms in total. The minimum Gasteiger partial charge on any atom is -0.493 e. The van der Waals surface area contributed by atoms with Crippen molar-refractivity contribution in [3.8, 4) is 11.5 Å². The SMILES string of the molecule is CC(C)C(=O)C(c1ccc2c(c1)CCO2)c1ccc2c(c1)CCO2. The summed E-state index contributed by atoms with van der Waals surface area (Å²) in [6.07, 6.45) is 1.84. The number of Topliss-reactive ketones (excluding diaryl/α,β-unsaturated/α-hetero) is 1. The highest BCUT2D eigenvalue weighted by atomic mass is 16.5. The molecule has 2 aromatic rings. The first-order valence-electron chi connectivity index (χ1n) is 8.68. The van der Waals surface area contributed by atoms with Crippen LogP contribution in [0.2, 0.25) is 0 Å². The molecule has 0 amide bonds. The Hall–Kier alpha value is -2.29. The highest BCUT2D eigenvalue weighted by Gasteiger charge is 2.27. The standard InChI is InChI=1S/C21H22O3/c1-13(2)21(22)20(16-3-5-18-14(11-16)7-9-23-18)17-4-6-19-15(12-17)8-10-24-19/h3-6,11-13,20H,7-10H2,1-2H3. The summed E-state index contributed by atoms with van der Waals surface area (Å²) in [6.45, 7) is 5.42. The van der Waals surface area contributed by atoms with Crippen LogP contribution in [0.3, 0.4) is 0 Å². The van der Waals surface area contributed by atoms with Gasteiger partial charge in [-0.3, -0.25) is 4.79 Å². The van der Waals surface area contributed by atoms with E-state index in [1.54, 1.807) is 0 Å². The summed E-state index contributed by atoms with van der Waals surface area (Å²) >= 11 is 0. The van der Waals surface area contributed by atoms with Crippen molar-refractivity contribution < 1.29 is 14.3 Å². The minimum atomic E-state index is -0.221. The van der Waals surface area contributed by atoms with Crippen LogP contribution in [0.1, 0.15) is 42.0 Å². The molecule has 0 bridgehead atoms. The number of rotatable bonds is 4. The van der Waals surface area contributed by atoms with Crippen LogP contribution >= 0.6 is 0 Å². The third-order valence-corrected chi connectivity index (χ3v) is 4.95. The van der Waals surface area contributed by atoms with E-state index in [1.807, 2.05) is 38.1 Å². The maximum absolute atomic E-state index is 13.0. The molecule has 0 aromatic heterocycles. The van der Waals surface area contributed by atoms with Gasteiger partial charge in [-0.05, 0) is 34.4 Å². The molecule has 0 spiro atoms. The zero-order valence-electron chi connectivity index (χ0n) is 14.2. The summed E-state index contributed by atoms with van der Waals surface area (Å²) < 4.78 is 11.2. The molecule has 0 radical (unpaired) electrons. The van der Waals surface area contributed by atoms with Gasteiger partial charge < -0.3 is 9.47 Å². The Bertz CT molecular complexity index is 734. The van der Waals surface area contributed by atoms with Crippen LogP contribution in [-0.2, 0) is 17.6 Å². The quantitative estimate of drug-likeness (QED) is 0.856. The molecule has 0 aliphatic carbocycles. The maximum atomic E-state index is 13.0. The zero-order valence-corrected chi connectivity index (χ0v) is 14.2. The molecular weight excluding hydrogens is 300 g/mol. The van der Waals surface area contributed by atoms with E-state index in [0.717, 1.165) is 48.7 Å². The lowest BCUT2D eigenvalue weighted by molar-refractivity contribution is -0.122. The lowest BCUT2D eigenvalue weighted by Gasteiger charge is -2.20. The Labute approximate surface area is 142 Å². The second-order valence-corrected chi connectivity index (χ2v) is 6.92. The van der Waals surface area contributed by atoms with Crippen molar-refractivity contribution in [1.82, 2.24) is 0 Å². The van der Waals surface area contributed by atoms with E-state index in [1.165, 1.54) is 11.1 Å². The van der Waals surface area contributed by atoms with Gasteiger partial charge >= 0.3 is 0 Å². The van der Waals surface area contributed by atoms with Gasteiger partial charge in [0.15, 0.2) is 0 Å². The van der Waals surface area contributed by atoms with E-state index in [0.29, 0.717) is 0 Å². The molecule has 24 heavy (non-hydrogen) atoms. The molecule has 0 N–H and O–H groups in total. The summed E-state index contributed by atoms with van der Waals surface area (Å²) in [7, 11) is 0. The molecule has 4 rings (SSSR count). The van der Waals surface area contributed by atoms with Crippen molar-refractivity contribution in [3.63, 3.8) is 0 Å². The van der Waals surface area contributed by atoms with Crippen molar-refractivity contribution in [3.05, 3.63) is 58.7 Å². The Morgan fingerprint density at radius 2 is 1.38 bits per heavy atom. The molecule has 2 aromatic carbocycles. The van der Waals surface area contributed by atoms with Crippen molar-refractivity contribution >= 4 is 5.78 Å². The summed E-state index contributed by atoms with van der Waals surface area (Å²) in [4.78, 5) is 13.0. The Kier molecular flexibility index (Phi) is 3.79. The van der Waals surface area contributed by atoms with Crippen LogP contribution < -0.4 is 9.47 Å². The van der Waals surface area contributed by atoms with Gasteiger partial charge in [0, 0.05) is 18.8 Å². The monoisotopic (exact) mass is 322 g/mol. The largest absolute Gasteiger partial charge is 0.493 e. The maximum Gasteiger partial charge on any atom is 0.147 e. The second kappa shape index (κ2) is 5.97. The predicted molar refractivity (Wildman–Crippen MR) is 93.0 cm³/mol. The van der Waals surface area contributed by atoms with E-state index in [4.69, 9.17) is 9.47 Å². The Morgan fingerprint density at radius 3 is 1.83 bits per heavy atom. The molecular formula is C21H22O3. The average Bonchev–Trinajstić information content (AvgIpc) is 3.22. The van der Waals surface area contributed by atoms with Gasteiger partial charge in [-0.1, -0.05) is 38.1 Å². The predicted octanol–water partition coefficient (Wildman–Crippen LogP) is 3.91. The van der Waals surface area contributed by atoms with Gasteiger partial charge in [0.1, 0.15) is 17.3 Å². The minimum absolute atomic E-state index is 0.0102. The fraction of sp³-hybridized carbons (Fsp3) is 0.381. The van der Waals surface area contributed by atoms with Crippen molar-refractivity contribution in [1.29, 1.82) is 0 Å². The molecule has 0 unspecified atom stereocenters. The first kappa shape index (κ1) is 15.3. The van der Waals surface area contributed by atoms with Gasteiger partial charge in [-0.2, -0.15) is 0 Å². The number of carbonyl (C=O) groups is 1. The fourth-order valence-corrected chi connectivity index (χ4v) is 3.63. The molecule has 3 heteroatoms. The van der Waals surface area contributed by atoms with E-state index in [-0.39, 0.29) is 17.6 Å². The molecule has 124 valence electrons. The number of hydrogen-bond acceptors (Lipinski definition) is 3. The lowest BCUT2D eigenvalue weighted by atomic mass is 9.82. The first-order chi connectivity index (χ1) is 11.6. The van der Waals surface area contributed by atoms with E-state index < -0.39 is 0 Å². The smallest absolute Gasteiger partial charge is 0.147 e. The molecule has 0 fully saturated rings. The number of hydrogen-bond donors (Lipinski definition) is 0. The molecule has 0 saturated heterocycles. The number of ether oxygens (including phenoxy) is 2. The van der Waals surface area contributed by atoms with Crippen LogP contribution in [0.25, 0.3) is 0 Å². The molecule has 2 aliphatic rings. The highest BCUT2D eigenvalue weighted by Crippen LogP contribution is 2.36. The Balaban J connectivity index is 1.78. The molecule has 0 atom stereocenters. The van der Waals surface area contributed by atoms with Gasteiger partial charge in [0.25, 0.3) is 0 Å². The average molecular weight is 322 g/mol. The topological polar surface area (TPSA) is 35.5 Å². The van der Waals surface area contributed by atoms with Crippen molar-refractivity contribution in [2.45, 2.75) is 32.6 Å².